The lowest BCUT2D eigenvalue weighted by atomic mass is 9.91. The van der Waals surface area contributed by atoms with Crippen molar-refractivity contribution in [3.63, 3.8) is 0 Å². The van der Waals surface area contributed by atoms with Crippen LogP contribution in [0.3, 0.4) is 0 Å². The van der Waals surface area contributed by atoms with Crippen LogP contribution in [0.25, 0.3) is 0 Å². The van der Waals surface area contributed by atoms with E-state index in [4.69, 9.17) is 5.73 Å². The lowest BCUT2D eigenvalue weighted by Gasteiger charge is -2.30. The monoisotopic (exact) mass is 365 g/mol. The predicted molar refractivity (Wildman–Crippen MR) is 99.8 cm³/mol. The molecule has 5 nitrogen and oxygen atoms in total. The molecule has 1 atom stereocenters. The first kappa shape index (κ1) is 22.5. The van der Waals surface area contributed by atoms with Gasteiger partial charge in [0, 0.05) is 24.3 Å². The van der Waals surface area contributed by atoms with Crippen molar-refractivity contribution in [2.24, 2.45) is 11.1 Å². The van der Waals surface area contributed by atoms with Gasteiger partial charge in [-0.05, 0) is 18.3 Å². The van der Waals surface area contributed by atoms with Crippen LogP contribution in [0.2, 0.25) is 0 Å². The van der Waals surface area contributed by atoms with Crippen LogP contribution in [0, 0.1) is 5.41 Å². The lowest BCUT2D eigenvalue weighted by molar-refractivity contribution is -0.139. The number of amides is 2. The second-order valence-corrected chi connectivity index (χ2v) is 8.40. The second-order valence-electron chi connectivity index (χ2n) is 7.40. The van der Waals surface area contributed by atoms with Crippen molar-refractivity contribution in [3.8, 4) is 0 Å². The Kier molecular flexibility index (Phi) is 8.95. The van der Waals surface area contributed by atoms with Gasteiger partial charge in [0.05, 0.1) is 5.88 Å². The number of thioether (sulfide) groups is 1. The molecule has 0 spiro atoms. The van der Waals surface area contributed by atoms with E-state index in [1.54, 1.807) is 16.7 Å². The van der Waals surface area contributed by atoms with Gasteiger partial charge in [0.15, 0.2) is 0 Å². The summed E-state index contributed by atoms with van der Waals surface area (Å²) in [6.07, 6.45) is 2.09. The number of carbonyl (C=O) groups is 2. The Morgan fingerprint density at radius 2 is 1.83 bits per heavy atom. The van der Waals surface area contributed by atoms with Crippen LogP contribution in [0.5, 0.6) is 0 Å². The molecule has 1 saturated heterocycles. The van der Waals surface area contributed by atoms with Gasteiger partial charge in [-0.3, -0.25) is 9.59 Å². The fourth-order valence-corrected chi connectivity index (χ4v) is 3.52. The maximum Gasteiger partial charge on any atom is 0.243 e. The van der Waals surface area contributed by atoms with Crippen molar-refractivity contribution in [2.45, 2.75) is 65.5 Å². The molecular formula is C16H32ClN3O2S. The van der Waals surface area contributed by atoms with Crippen LogP contribution in [0.15, 0.2) is 0 Å². The van der Waals surface area contributed by atoms with Gasteiger partial charge in [0.2, 0.25) is 11.8 Å². The number of nitrogens with zero attached hydrogens (tertiary/aromatic N) is 1. The summed E-state index contributed by atoms with van der Waals surface area (Å²) in [5.41, 5.74) is 5.79. The number of halogens is 1. The molecule has 3 N–H and O–H groups in total. The van der Waals surface area contributed by atoms with Gasteiger partial charge in [0.25, 0.3) is 0 Å². The minimum Gasteiger partial charge on any atom is -0.352 e. The van der Waals surface area contributed by atoms with E-state index >= 15 is 0 Å². The Hall–Kier alpha value is -0.460. The molecule has 0 bridgehead atoms. The third kappa shape index (κ3) is 6.89. The summed E-state index contributed by atoms with van der Waals surface area (Å²) in [4.78, 5) is 26.5. The molecule has 1 rings (SSSR count). The van der Waals surface area contributed by atoms with E-state index < -0.39 is 0 Å². The molecule has 1 aliphatic rings. The first-order valence-corrected chi connectivity index (χ1v) is 9.21. The third-order valence-electron chi connectivity index (χ3n) is 4.21. The van der Waals surface area contributed by atoms with E-state index in [0.717, 1.165) is 12.8 Å². The maximum atomic E-state index is 12.4. The Morgan fingerprint density at radius 1 is 1.26 bits per heavy atom. The molecule has 0 aromatic carbocycles. The molecule has 0 saturated carbocycles. The summed E-state index contributed by atoms with van der Waals surface area (Å²) in [6, 6.07) is -0.363. The molecule has 23 heavy (non-hydrogen) atoms. The van der Waals surface area contributed by atoms with Crippen molar-refractivity contribution in [3.05, 3.63) is 0 Å². The molecule has 0 aromatic heterocycles. The summed E-state index contributed by atoms with van der Waals surface area (Å²) in [5, 5.41) is 2.94. The van der Waals surface area contributed by atoms with Crippen LogP contribution in [-0.4, -0.2) is 46.5 Å². The molecule has 0 radical (unpaired) electrons. The molecule has 0 aromatic rings. The topological polar surface area (TPSA) is 75.4 Å². The lowest BCUT2D eigenvalue weighted by Crippen LogP contribution is -2.54. The van der Waals surface area contributed by atoms with Crippen molar-refractivity contribution >= 4 is 36.0 Å². The minimum atomic E-state index is -0.363. The first-order chi connectivity index (χ1) is 10.1. The maximum absolute atomic E-state index is 12.4. The smallest absolute Gasteiger partial charge is 0.243 e. The minimum absolute atomic E-state index is 0. The van der Waals surface area contributed by atoms with Gasteiger partial charge >= 0.3 is 0 Å². The third-order valence-corrected chi connectivity index (χ3v) is 5.22. The zero-order valence-electron chi connectivity index (χ0n) is 15.0. The van der Waals surface area contributed by atoms with Gasteiger partial charge in [-0.2, -0.15) is 0 Å². The van der Waals surface area contributed by atoms with E-state index in [9.17, 15) is 9.59 Å². The van der Waals surface area contributed by atoms with E-state index in [0.29, 0.717) is 24.6 Å². The van der Waals surface area contributed by atoms with Crippen molar-refractivity contribution < 1.29 is 9.59 Å². The standard InChI is InChI=1S/C16H31N3O2S.ClH/c1-6-16(17,7-2)10-18-14(21)12-9-22-11-19(12)13(20)8-15(3,4)5;/h12H,6-11,17H2,1-5H3,(H,18,21);1H. The molecule has 1 unspecified atom stereocenters. The highest BCUT2D eigenvalue weighted by atomic mass is 35.5. The Bertz CT molecular complexity index is 409. The fraction of sp³-hybridized carbons (Fsp3) is 0.875. The van der Waals surface area contributed by atoms with Crippen LogP contribution < -0.4 is 11.1 Å². The van der Waals surface area contributed by atoms with Crippen molar-refractivity contribution in [2.75, 3.05) is 18.2 Å². The summed E-state index contributed by atoms with van der Waals surface area (Å²) in [7, 11) is 0. The van der Waals surface area contributed by atoms with Gasteiger partial charge in [-0.25, -0.2) is 0 Å². The number of rotatable bonds is 6. The summed E-state index contributed by atoms with van der Waals surface area (Å²) >= 11 is 1.63. The average Bonchev–Trinajstić information content (AvgIpc) is 2.92. The van der Waals surface area contributed by atoms with Crippen molar-refractivity contribution in [1.29, 1.82) is 0 Å². The highest BCUT2D eigenvalue weighted by Gasteiger charge is 2.36. The Balaban J connectivity index is 0.00000484. The molecule has 7 heteroatoms. The zero-order valence-corrected chi connectivity index (χ0v) is 16.6. The quantitative estimate of drug-likeness (QED) is 0.757. The van der Waals surface area contributed by atoms with E-state index in [1.165, 1.54) is 0 Å². The molecule has 1 aliphatic heterocycles. The van der Waals surface area contributed by atoms with Crippen LogP contribution >= 0.6 is 24.2 Å². The van der Waals surface area contributed by atoms with E-state index in [1.807, 2.05) is 34.6 Å². The number of nitrogens with one attached hydrogen (secondary N) is 1. The fourth-order valence-electron chi connectivity index (χ4n) is 2.34. The molecule has 2 amide bonds. The van der Waals surface area contributed by atoms with E-state index in [-0.39, 0.29) is 41.2 Å². The highest BCUT2D eigenvalue weighted by Crippen LogP contribution is 2.26. The van der Waals surface area contributed by atoms with Gasteiger partial charge in [-0.1, -0.05) is 34.6 Å². The molecule has 1 heterocycles. The summed E-state index contributed by atoms with van der Waals surface area (Å²) in [6.45, 7) is 10.6. The largest absolute Gasteiger partial charge is 0.352 e. The van der Waals surface area contributed by atoms with Crippen molar-refractivity contribution in [1.82, 2.24) is 10.2 Å². The molecule has 0 aliphatic carbocycles. The summed E-state index contributed by atoms with van der Waals surface area (Å²) < 4.78 is 0. The molecule has 136 valence electrons. The van der Waals surface area contributed by atoms with Crippen LogP contribution in [-0.2, 0) is 9.59 Å². The Labute approximate surface area is 150 Å². The molecule has 1 fully saturated rings. The number of hydrogen-bond acceptors (Lipinski definition) is 4. The van der Waals surface area contributed by atoms with Crippen LogP contribution in [0.4, 0.5) is 0 Å². The predicted octanol–water partition coefficient (Wildman–Crippen LogP) is 2.38. The number of hydrogen-bond donors (Lipinski definition) is 2. The second kappa shape index (κ2) is 9.14. The average molecular weight is 366 g/mol. The van der Waals surface area contributed by atoms with Crippen LogP contribution in [0.1, 0.15) is 53.9 Å². The number of carbonyl (C=O) groups excluding carboxylic acids is 2. The molecular weight excluding hydrogens is 334 g/mol. The number of nitrogens with two attached hydrogens (primary N) is 1. The SMILES string of the molecule is CCC(N)(CC)CNC(=O)C1CSCN1C(=O)CC(C)(C)C.Cl. The normalized spacial score (nSPS) is 18.5. The Morgan fingerprint density at radius 3 is 2.30 bits per heavy atom. The summed E-state index contributed by atoms with van der Waals surface area (Å²) in [5.74, 6) is 1.24. The van der Waals surface area contributed by atoms with Gasteiger partial charge in [0.1, 0.15) is 6.04 Å². The van der Waals surface area contributed by atoms with Gasteiger partial charge < -0.3 is 16.0 Å². The van der Waals surface area contributed by atoms with Gasteiger partial charge in [-0.15, -0.1) is 24.2 Å². The zero-order chi connectivity index (χ0) is 17.0. The first-order valence-electron chi connectivity index (χ1n) is 8.05. The van der Waals surface area contributed by atoms with E-state index in [2.05, 4.69) is 5.32 Å². The highest BCUT2D eigenvalue weighted by molar-refractivity contribution is 7.99.